The Morgan fingerprint density at radius 3 is 2.52 bits per heavy atom. The van der Waals surface area contributed by atoms with Crippen LogP contribution in [0.15, 0.2) is 24.3 Å². The molecule has 1 aliphatic heterocycles. The van der Waals surface area contributed by atoms with E-state index < -0.39 is 5.41 Å². The van der Waals surface area contributed by atoms with Gasteiger partial charge in [-0.05, 0) is 31.5 Å². The summed E-state index contributed by atoms with van der Waals surface area (Å²) in [5.41, 5.74) is 0.561. The molecule has 23 heavy (non-hydrogen) atoms. The van der Waals surface area contributed by atoms with Gasteiger partial charge in [-0.2, -0.15) is 0 Å². The number of hydrogen-bond acceptors (Lipinski definition) is 3. The predicted octanol–water partition coefficient (Wildman–Crippen LogP) is 2.57. The summed E-state index contributed by atoms with van der Waals surface area (Å²) in [6.45, 7) is 7.34. The number of para-hydroxylation sites is 1. The zero-order chi connectivity index (χ0) is 16.2. The van der Waals surface area contributed by atoms with Gasteiger partial charge in [0.1, 0.15) is 0 Å². The Kier molecular flexibility index (Phi) is 7.03. The molecule has 0 aliphatic carbocycles. The second-order valence-corrected chi connectivity index (χ2v) is 6.77. The third kappa shape index (κ3) is 5.52. The molecule has 2 amide bonds. The van der Waals surface area contributed by atoms with Gasteiger partial charge in [-0.15, -0.1) is 12.4 Å². The number of anilines is 1. The van der Waals surface area contributed by atoms with Gasteiger partial charge >= 0.3 is 0 Å². The smallest absolute Gasteiger partial charge is 0.253 e. The number of halogens is 1. The van der Waals surface area contributed by atoms with E-state index >= 15 is 0 Å². The number of hydrogen-bond donors (Lipinski definition) is 3. The van der Waals surface area contributed by atoms with Gasteiger partial charge in [-0.25, -0.2) is 0 Å². The average molecular weight is 340 g/mol. The van der Waals surface area contributed by atoms with Crippen molar-refractivity contribution in [3.63, 3.8) is 0 Å². The van der Waals surface area contributed by atoms with E-state index in [0.717, 1.165) is 25.9 Å². The molecule has 1 heterocycles. The molecule has 1 saturated heterocycles. The molecule has 0 spiro atoms. The molecular formula is C17H26ClN3O2. The number of piperidine rings is 1. The van der Waals surface area contributed by atoms with Crippen LogP contribution >= 0.6 is 12.4 Å². The van der Waals surface area contributed by atoms with E-state index in [0.29, 0.717) is 11.3 Å². The van der Waals surface area contributed by atoms with Crippen molar-refractivity contribution in [2.45, 2.75) is 39.7 Å². The normalized spacial score (nSPS) is 17.8. The van der Waals surface area contributed by atoms with Gasteiger partial charge in [0.05, 0.1) is 11.3 Å². The second-order valence-electron chi connectivity index (χ2n) is 6.77. The molecule has 1 fully saturated rings. The lowest BCUT2D eigenvalue weighted by molar-refractivity contribution is -0.123. The van der Waals surface area contributed by atoms with Gasteiger partial charge in [0.2, 0.25) is 5.91 Å². The highest BCUT2D eigenvalue weighted by molar-refractivity contribution is 6.04. The summed E-state index contributed by atoms with van der Waals surface area (Å²) >= 11 is 0. The molecule has 1 aliphatic rings. The first-order valence-electron chi connectivity index (χ1n) is 7.80. The molecule has 3 N–H and O–H groups in total. The van der Waals surface area contributed by atoms with Gasteiger partial charge in [0, 0.05) is 18.0 Å². The minimum atomic E-state index is -0.503. The van der Waals surface area contributed by atoms with Crippen LogP contribution in [0.2, 0.25) is 0 Å². The maximum Gasteiger partial charge on any atom is 0.253 e. The molecule has 0 aromatic heterocycles. The highest BCUT2D eigenvalue weighted by Gasteiger charge is 2.24. The van der Waals surface area contributed by atoms with E-state index in [1.165, 1.54) is 0 Å². The van der Waals surface area contributed by atoms with Crippen LogP contribution in [0.4, 0.5) is 5.69 Å². The van der Waals surface area contributed by atoms with Crippen molar-refractivity contribution < 1.29 is 9.59 Å². The van der Waals surface area contributed by atoms with Crippen LogP contribution in [0, 0.1) is 5.41 Å². The standard InChI is InChI=1S/C17H25N3O2.ClH/c1-17(2,3)16(22)20-14-9-5-4-8-13(14)15(21)19-12-7-6-10-18-11-12;/h4-5,8-9,12,18H,6-7,10-11H2,1-3H3,(H,19,21)(H,20,22);1H. The van der Waals surface area contributed by atoms with Crippen LogP contribution in [0.3, 0.4) is 0 Å². The van der Waals surface area contributed by atoms with Gasteiger partial charge in [-0.3, -0.25) is 9.59 Å². The summed E-state index contributed by atoms with van der Waals surface area (Å²) in [4.78, 5) is 24.6. The van der Waals surface area contributed by atoms with Crippen molar-refractivity contribution in [3.05, 3.63) is 29.8 Å². The fourth-order valence-electron chi connectivity index (χ4n) is 2.34. The lowest BCUT2D eigenvalue weighted by Gasteiger charge is -2.24. The molecule has 128 valence electrons. The van der Waals surface area contributed by atoms with Crippen molar-refractivity contribution >= 4 is 29.9 Å². The van der Waals surface area contributed by atoms with Crippen LogP contribution in [0.25, 0.3) is 0 Å². The van der Waals surface area contributed by atoms with Crippen molar-refractivity contribution in [1.82, 2.24) is 10.6 Å². The number of rotatable bonds is 3. The maximum absolute atomic E-state index is 12.5. The van der Waals surface area contributed by atoms with E-state index in [4.69, 9.17) is 0 Å². The predicted molar refractivity (Wildman–Crippen MR) is 95.1 cm³/mol. The summed E-state index contributed by atoms with van der Waals surface area (Å²) < 4.78 is 0. The van der Waals surface area contributed by atoms with E-state index in [-0.39, 0.29) is 30.3 Å². The third-order valence-corrected chi connectivity index (χ3v) is 3.73. The quantitative estimate of drug-likeness (QED) is 0.792. The summed E-state index contributed by atoms with van der Waals surface area (Å²) in [6, 6.07) is 7.27. The van der Waals surface area contributed by atoms with Gasteiger partial charge in [-0.1, -0.05) is 32.9 Å². The van der Waals surface area contributed by atoms with Gasteiger partial charge in [0.25, 0.3) is 5.91 Å². The molecule has 6 heteroatoms. The maximum atomic E-state index is 12.5. The summed E-state index contributed by atoms with van der Waals surface area (Å²) in [6.07, 6.45) is 2.04. The van der Waals surface area contributed by atoms with Crippen molar-refractivity contribution in [2.75, 3.05) is 18.4 Å². The van der Waals surface area contributed by atoms with Gasteiger partial charge in [0.15, 0.2) is 0 Å². The molecule has 5 nitrogen and oxygen atoms in total. The van der Waals surface area contributed by atoms with Crippen molar-refractivity contribution in [3.8, 4) is 0 Å². The Morgan fingerprint density at radius 1 is 1.22 bits per heavy atom. The number of nitrogens with one attached hydrogen (secondary N) is 3. The highest BCUT2D eigenvalue weighted by atomic mass is 35.5. The van der Waals surface area contributed by atoms with Gasteiger partial charge < -0.3 is 16.0 Å². The second kappa shape index (κ2) is 8.31. The molecule has 0 radical (unpaired) electrons. The van der Waals surface area contributed by atoms with Crippen LogP contribution in [-0.4, -0.2) is 30.9 Å². The Morgan fingerprint density at radius 2 is 1.91 bits per heavy atom. The zero-order valence-electron chi connectivity index (χ0n) is 13.9. The molecule has 1 unspecified atom stereocenters. The van der Waals surface area contributed by atoms with Crippen molar-refractivity contribution in [2.24, 2.45) is 5.41 Å². The largest absolute Gasteiger partial charge is 0.348 e. The minimum Gasteiger partial charge on any atom is -0.348 e. The summed E-state index contributed by atoms with van der Waals surface area (Å²) in [5.74, 6) is -0.245. The number of carbonyl (C=O) groups is 2. The molecule has 1 aromatic rings. The lowest BCUT2D eigenvalue weighted by Crippen LogP contribution is -2.45. The molecule has 2 rings (SSSR count). The summed E-state index contributed by atoms with van der Waals surface area (Å²) in [7, 11) is 0. The average Bonchev–Trinajstić information content (AvgIpc) is 2.47. The monoisotopic (exact) mass is 339 g/mol. The molecular weight excluding hydrogens is 314 g/mol. The topological polar surface area (TPSA) is 70.2 Å². The lowest BCUT2D eigenvalue weighted by atomic mass is 9.95. The minimum absolute atomic E-state index is 0. The first-order valence-corrected chi connectivity index (χ1v) is 7.80. The number of benzene rings is 1. The van der Waals surface area contributed by atoms with Crippen LogP contribution < -0.4 is 16.0 Å². The van der Waals surface area contributed by atoms with E-state index in [9.17, 15) is 9.59 Å². The first-order chi connectivity index (χ1) is 10.4. The third-order valence-electron chi connectivity index (χ3n) is 3.73. The fraction of sp³-hybridized carbons (Fsp3) is 0.529. The molecule has 1 aromatic carbocycles. The SMILES string of the molecule is CC(C)(C)C(=O)Nc1ccccc1C(=O)NC1CCCNC1.Cl. The van der Waals surface area contributed by atoms with E-state index in [2.05, 4.69) is 16.0 Å². The Hall–Kier alpha value is -1.59. The van der Waals surface area contributed by atoms with Crippen LogP contribution in [0.1, 0.15) is 44.0 Å². The number of carbonyl (C=O) groups excluding carboxylic acids is 2. The molecule has 1 atom stereocenters. The van der Waals surface area contributed by atoms with E-state index in [1.807, 2.05) is 26.8 Å². The van der Waals surface area contributed by atoms with E-state index in [1.54, 1.807) is 18.2 Å². The van der Waals surface area contributed by atoms with Crippen molar-refractivity contribution in [1.29, 1.82) is 0 Å². The fourth-order valence-corrected chi connectivity index (χ4v) is 2.34. The Bertz CT molecular complexity index is 549. The van der Waals surface area contributed by atoms with Crippen LogP contribution in [-0.2, 0) is 4.79 Å². The Labute approximate surface area is 144 Å². The molecule has 0 saturated carbocycles. The highest BCUT2D eigenvalue weighted by Crippen LogP contribution is 2.20. The first kappa shape index (κ1) is 19.5. The van der Waals surface area contributed by atoms with Crippen LogP contribution in [0.5, 0.6) is 0 Å². The Balaban J connectivity index is 0.00000264. The summed E-state index contributed by atoms with van der Waals surface area (Å²) in [5, 5.41) is 9.16. The zero-order valence-corrected chi connectivity index (χ0v) is 14.8. The number of amides is 2. The molecule has 0 bridgehead atoms.